The number of H-pyrrole nitrogens is 1. The Kier molecular flexibility index (Phi) is 5.21. The van der Waals surface area contributed by atoms with Crippen LogP contribution >= 0.6 is 0 Å². The van der Waals surface area contributed by atoms with Crippen LogP contribution in [-0.2, 0) is 6.54 Å². The van der Waals surface area contributed by atoms with Crippen molar-refractivity contribution in [2.75, 3.05) is 7.05 Å². The van der Waals surface area contributed by atoms with Crippen molar-refractivity contribution in [2.24, 2.45) is 0 Å². The molecule has 0 aliphatic rings. The molecule has 1 aromatic heterocycles. The van der Waals surface area contributed by atoms with E-state index in [2.05, 4.69) is 10.3 Å². The lowest BCUT2D eigenvalue weighted by Crippen LogP contribution is -2.38. The molecule has 7 heteroatoms. The zero-order chi connectivity index (χ0) is 19.6. The predicted molar refractivity (Wildman–Crippen MR) is 99.3 cm³/mol. The zero-order valence-corrected chi connectivity index (χ0v) is 14.9. The van der Waals surface area contributed by atoms with Gasteiger partial charge in [-0.25, -0.2) is 13.6 Å². The molecule has 0 aliphatic heterocycles. The fourth-order valence-corrected chi connectivity index (χ4v) is 2.93. The molecule has 0 saturated carbocycles. The van der Waals surface area contributed by atoms with Gasteiger partial charge in [-0.1, -0.05) is 36.4 Å². The van der Waals surface area contributed by atoms with Crippen molar-refractivity contribution in [1.29, 1.82) is 0 Å². The molecular formula is C20H19F2N3O2. The number of urea groups is 1. The number of halogens is 2. The summed E-state index contributed by atoms with van der Waals surface area (Å²) in [5.74, 6) is -2.29. The summed E-state index contributed by atoms with van der Waals surface area (Å²) in [6.45, 7) is 2.11. The standard InChI is InChI=1S/C20H19F2N3O2/c1-12(25(2)20(27)24-10-13-6-4-3-5-7-13)15-11-23-19(26)17-14(15)8-9-16(21)18(17)22/h3-9,11-12H,10H2,1-2H3,(H,23,26)(H,24,27). The maximum absolute atomic E-state index is 14.1. The number of hydrogen-bond donors (Lipinski definition) is 2. The largest absolute Gasteiger partial charge is 0.334 e. The van der Waals surface area contributed by atoms with E-state index in [0.717, 1.165) is 11.6 Å². The third kappa shape index (κ3) is 3.67. The topological polar surface area (TPSA) is 65.2 Å². The first-order chi connectivity index (χ1) is 12.9. The summed E-state index contributed by atoms with van der Waals surface area (Å²) in [7, 11) is 1.60. The Hall–Kier alpha value is -3.22. The molecule has 5 nitrogen and oxygen atoms in total. The molecule has 0 spiro atoms. The van der Waals surface area contributed by atoms with Crippen LogP contribution in [0.15, 0.2) is 53.5 Å². The number of aromatic amines is 1. The van der Waals surface area contributed by atoms with Gasteiger partial charge in [-0.15, -0.1) is 0 Å². The van der Waals surface area contributed by atoms with Gasteiger partial charge in [0.15, 0.2) is 11.6 Å². The normalized spacial score (nSPS) is 12.0. The Balaban J connectivity index is 1.85. The van der Waals surface area contributed by atoms with E-state index in [1.807, 2.05) is 30.3 Å². The number of nitrogens with one attached hydrogen (secondary N) is 2. The summed E-state index contributed by atoms with van der Waals surface area (Å²) in [6, 6.07) is 11.0. The Morgan fingerprint density at radius 1 is 1.19 bits per heavy atom. The first-order valence-electron chi connectivity index (χ1n) is 8.44. The minimum absolute atomic E-state index is 0.271. The molecule has 0 radical (unpaired) electrons. The number of nitrogens with zero attached hydrogens (tertiary/aromatic N) is 1. The Morgan fingerprint density at radius 3 is 2.59 bits per heavy atom. The van der Waals surface area contributed by atoms with Gasteiger partial charge in [-0.05, 0) is 29.5 Å². The molecule has 3 aromatic rings. The molecule has 0 bridgehead atoms. The molecule has 2 amide bonds. The fourth-order valence-electron chi connectivity index (χ4n) is 2.93. The van der Waals surface area contributed by atoms with Crippen molar-refractivity contribution in [1.82, 2.24) is 15.2 Å². The van der Waals surface area contributed by atoms with Crippen LogP contribution in [0.5, 0.6) is 0 Å². The second-order valence-corrected chi connectivity index (χ2v) is 6.29. The average Bonchev–Trinajstić information content (AvgIpc) is 2.68. The Labute approximate surface area is 154 Å². The van der Waals surface area contributed by atoms with Crippen LogP contribution in [-0.4, -0.2) is 23.0 Å². The van der Waals surface area contributed by atoms with E-state index in [1.54, 1.807) is 14.0 Å². The van der Waals surface area contributed by atoms with E-state index in [4.69, 9.17) is 0 Å². The van der Waals surface area contributed by atoms with Gasteiger partial charge in [-0.3, -0.25) is 4.79 Å². The maximum atomic E-state index is 14.1. The smallest absolute Gasteiger partial charge is 0.317 e. The summed E-state index contributed by atoms with van der Waals surface area (Å²) < 4.78 is 27.6. The first kappa shape index (κ1) is 18.6. The molecular weight excluding hydrogens is 352 g/mol. The minimum atomic E-state index is -1.20. The molecule has 27 heavy (non-hydrogen) atoms. The van der Waals surface area contributed by atoms with Crippen LogP contribution in [0, 0.1) is 11.6 Å². The number of aromatic nitrogens is 1. The van der Waals surface area contributed by atoms with Crippen LogP contribution in [0.4, 0.5) is 13.6 Å². The van der Waals surface area contributed by atoms with Gasteiger partial charge in [0.05, 0.1) is 11.4 Å². The summed E-state index contributed by atoms with van der Waals surface area (Å²) in [5.41, 5.74) is 0.758. The van der Waals surface area contributed by atoms with Crippen molar-refractivity contribution in [2.45, 2.75) is 19.5 Å². The van der Waals surface area contributed by atoms with Gasteiger partial charge in [0.2, 0.25) is 0 Å². The number of carbonyl (C=O) groups excluding carboxylic acids is 1. The third-order valence-electron chi connectivity index (χ3n) is 4.63. The first-order valence-corrected chi connectivity index (χ1v) is 8.44. The number of fused-ring (bicyclic) bond motifs is 1. The number of hydrogen-bond acceptors (Lipinski definition) is 2. The van der Waals surface area contributed by atoms with Gasteiger partial charge >= 0.3 is 6.03 Å². The van der Waals surface area contributed by atoms with Crippen molar-refractivity contribution in [3.05, 3.63) is 81.8 Å². The maximum Gasteiger partial charge on any atom is 0.317 e. The predicted octanol–water partition coefficient (Wildman–Crippen LogP) is 3.71. The zero-order valence-electron chi connectivity index (χ0n) is 14.9. The quantitative estimate of drug-likeness (QED) is 0.734. The summed E-state index contributed by atoms with van der Waals surface area (Å²) in [6.07, 6.45) is 1.42. The highest BCUT2D eigenvalue weighted by atomic mass is 19.2. The van der Waals surface area contributed by atoms with Crippen molar-refractivity contribution in [3.63, 3.8) is 0 Å². The number of carbonyl (C=O) groups is 1. The molecule has 2 aromatic carbocycles. The number of benzene rings is 2. The van der Waals surface area contributed by atoms with E-state index in [0.29, 0.717) is 12.1 Å². The molecule has 1 atom stereocenters. The van der Waals surface area contributed by atoms with Crippen LogP contribution < -0.4 is 10.9 Å². The Bertz CT molecular complexity index is 1030. The highest BCUT2D eigenvalue weighted by Crippen LogP contribution is 2.27. The highest BCUT2D eigenvalue weighted by molar-refractivity contribution is 5.86. The SMILES string of the molecule is CC(c1c[nH]c(=O)c2c(F)c(F)ccc12)N(C)C(=O)NCc1ccccc1. The van der Waals surface area contributed by atoms with Crippen LogP contribution in [0.3, 0.4) is 0 Å². The van der Waals surface area contributed by atoms with Crippen molar-refractivity contribution in [3.8, 4) is 0 Å². The molecule has 0 saturated heterocycles. The molecule has 140 valence electrons. The average molecular weight is 371 g/mol. The van der Waals surface area contributed by atoms with E-state index in [-0.39, 0.29) is 16.8 Å². The van der Waals surface area contributed by atoms with Crippen LogP contribution in [0.25, 0.3) is 10.8 Å². The van der Waals surface area contributed by atoms with Gasteiger partial charge in [0.1, 0.15) is 0 Å². The van der Waals surface area contributed by atoms with E-state index in [9.17, 15) is 18.4 Å². The van der Waals surface area contributed by atoms with Crippen molar-refractivity contribution < 1.29 is 13.6 Å². The molecule has 0 fully saturated rings. The van der Waals surface area contributed by atoms with Gasteiger partial charge in [0, 0.05) is 19.8 Å². The van der Waals surface area contributed by atoms with Crippen molar-refractivity contribution >= 4 is 16.8 Å². The summed E-state index contributed by atoms with van der Waals surface area (Å²) in [4.78, 5) is 28.3. The van der Waals surface area contributed by atoms with E-state index >= 15 is 0 Å². The van der Waals surface area contributed by atoms with Gasteiger partial charge in [0.25, 0.3) is 5.56 Å². The van der Waals surface area contributed by atoms with Gasteiger partial charge in [-0.2, -0.15) is 0 Å². The number of rotatable bonds is 4. The van der Waals surface area contributed by atoms with Gasteiger partial charge < -0.3 is 15.2 Å². The number of pyridine rings is 1. The monoisotopic (exact) mass is 371 g/mol. The lowest BCUT2D eigenvalue weighted by Gasteiger charge is -2.26. The van der Waals surface area contributed by atoms with E-state index < -0.39 is 23.2 Å². The highest BCUT2D eigenvalue weighted by Gasteiger charge is 2.22. The minimum Gasteiger partial charge on any atom is -0.334 e. The molecule has 1 unspecified atom stereocenters. The summed E-state index contributed by atoms with van der Waals surface area (Å²) >= 11 is 0. The third-order valence-corrected chi connectivity index (χ3v) is 4.63. The molecule has 3 rings (SSSR count). The molecule has 2 N–H and O–H groups in total. The van der Waals surface area contributed by atoms with Crippen LogP contribution in [0.2, 0.25) is 0 Å². The second kappa shape index (κ2) is 7.57. The molecule has 0 aliphatic carbocycles. The van der Waals surface area contributed by atoms with E-state index in [1.165, 1.54) is 17.2 Å². The lowest BCUT2D eigenvalue weighted by atomic mass is 10.0. The second-order valence-electron chi connectivity index (χ2n) is 6.29. The Morgan fingerprint density at radius 2 is 1.89 bits per heavy atom. The lowest BCUT2D eigenvalue weighted by molar-refractivity contribution is 0.194. The molecule has 1 heterocycles. The fraction of sp³-hybridized carbons (Fsp3) is 0.200. The van der Waals surface area contributed by atoms with Crippen LogP contribution in [0.1, 0.15) is 24.1 Å². The summed E-state index contributed by atoms with van der Waals surface area (Å²) in [5, 5.41) is 2.73. The number of amides is 2.